The van der Waals surface area contributed by atoms with Crippen LogP contribution in [-0.4, -0.2) is 46.4 Å². The molecule has 1 aromatic carbocycles. The summed E-state index contributed by atoms with van der Waals surface area (Å²) in [4.78, 5) is 16.2. The van der Waals surface area contributed by atoms with Crippen molar-refractivity contribution in [2.75, 3.05) is 36.8 Å². The topological polar surface area (TPSA) is 69.7 Å². The van der Waals surface area contributed by atoms with Crippen LogP contribution < -0.4 is 9.62 Å². The number of para-hydroxylation sites is 1. The van der Waals surface area contributed by atoms with E-state index in [0.29, 0.717) is 16.0 Å². The van der Waals surface area contributed by atoms with E-state index in [4.69, 9.17) is 0 Å². The smallest absolute Gasteiger partial charge is 0.271 e. The lowest BCUT2D eigenvalue weighted by Gasteiger charge is -2.39. The molecule has 29 heavy (non-hydrogen) atoms. The molecule has 0 saturated carbocycles. The monoisotopic (exact) mass is 435 g/mol. The number of hydrogen-bond acceptors (Lipinski definition) is 5. The average Bonchev–Trinajstić information content (AvgIpc) is 3.13. The van der Waals surface area contributed by atoms with E-state index in [0.717, 1.165) is 48.5 Å². The van der Waals surface area contributed by atoms with Crippen LogP contribution in [0.15, 0.2) is 34.5 Å². The normalized spacial score (nSPS) is 16.5. The summed E-state index contributed by atoms with van der Waals surface area (Å²) in [6, 6.07) is 8.72. The van der Waals surface area contributed by atoms with E-state index in [9.17, 15) is 13.2 Å². The number of nitrogens with one attached hydrogen (secondary N) is 1. The van der Waals surface area contributed by atoms with E-state index in [2.05, 4.69) is 23.5 Å². The van der Waals surface area contributed by atoms with Gasteiger partial charge in [0.25, 0.3) is 15.9 Å². The van der Waals surface area contributed by atoms with Crippen LogP contribution in [0.4, 0.5) is 11.4 Å². The highest BCUT2D eigenvalue weighted by Crippen LogP contribution is 2.38. The summed E-state index contributed by atoms with van der Waals surface area (Å²) in [5.74, 6) is -0.205. The highest BCUT2D eigenvalue weighted by Gasteiger charge is 2.28. The van der Waals surface area contributed by atoms with Crippen LogP contribution in [0.2, 0.25) is 0 Å². The Morgan fingerprint density at radius 3 is 2.41 bits per heavy atom. The second-order valence-electron chi connectivity index (χ2n) is 8.55. The van der Waals surface area contributed by atoms with Gasteiger partial charge in [0, 0.05) is 27.2 Å². The predicted molar refractivity (Wildman–Crippen MR) is 120 cm³/mol. The number of hydrogen-bond donors (Lipinski definition) is 1. The number of anilines is 2. The van der Waals surface area contributed by atoms with Crippen LogP contribution in [0, 0.1) is 12.3 Å². The molecule has 158 valence electrons. The van der Waals surface area contributed by atoms with Crippen molar-refractivity contribution in [1.29, 1.82) is 0 Å². The fraction of sp³-hybridized carbons (Fsp3) is 0.476. The number of piperidine rings is 1. The van der Waals surface area contributed by atoms with Gasteiger partial charge in [0.2, 0.25) is 0 Å². The van der Waals surface area contributed by atoms with Crippen molar-refractivity contribution >= 4 is 38.6 Å². The molecule has 1 N–H and O–H groups in total. The van der Waals surface area contributed by atoms with Gasteiger partial charge in [0.15, 0.2) is 0 Å². The van der Waals surface area contributed by atoms with Gasteiger partial charge in [-0.1, -0.05) is 26.0 Å². The quantitative estimate of drug-likeness (QED) is 0.765. The Bertz CT molecular complexity index is 1000. The molecule has 0 radical (unpaired) electrons. The van der Waals surface area contributed by atoms with Crippen molar-refractivity contribution in [2.24, 2.45) is 5.41 Å². The first kappa shape index (κ1) is 21.6. The zero-order valence-electron chi connectivity index (χ0n) is 17.7. The molecule has 1 aliphatic heterocycles. The molecule has 1 fully saturated rings. The van der Waals surface area contributed by atoms with E-state index >= 15 is 0 Å². The van der Waals surface area contributed by atoms with Crippen LogP contribution in [0.5, 0.6) is 0 Å². The van der Waals surface area contributed by atoms with E-state index < -0.39 is 10.0 Å². The zero-order valence-corrected chi connectivity index (χ0v) is 19.3. The Morgan fingerprint density at radius 1 is 1.14 bits per heavy atom. The number of nitrogens with zero attached hydrogens (tertiary/aromatic N) is 2. The molecule has 0 bridgehead atoms. The Balaban J connectivity index is 1.88. The van der Waals surface area contributed by atoms with E-state index in [1.54, 1.807) is 26.2 Å². The van der Waals surface area contributed by atoms with Gasteiger partial charge < -0.3 is 9.80 Å². The molecule has 2 aromatic rings. The van der Waals surface area contributed by atoms with E-state index in [1.807, 2.05) is 19.1 Å². The third-order valence-electron chi connectivity index (χ3n) is 5.38. The Morgan fingerprint density at radius 2 is 1.79 bits per heavy atom. The number of sulfonamides is 1. The summed E-state index contributed by atoms with van der Waals surface area (Å²) in [5.41, 5.74) is 2.87. The van der Waals surface area contributed by atoms with Crippen molar-refractivity contribution in [2.45, 2.75) is 37.8 Å². The lowest BCUT2D eigenvalue weighted by molar-refractivity contribution is 0.0832. The molecule has 0 atom stereocenters. The minimum atomic E-state index is -3.78. The van der Waals surface area contributed by atoms with Crippen molar-refractivity contribution in [3.05, 3.63) is 40.8 Å². The first-order chi connectivity index (χ1) is 13.5. The summed E-state index contributed by atoms with van der Waals surface area (Å²) < 4.78 is 28.9. The van der Waals surface area contributed by atoms with Crippen LogP contribution in [-0.2, 0) is 10.0 Å². The molecular weight excluding hydrogens is 406 g/mol. The summed E-state index contributed by atoms with van der Waals surface area (Å²) in [7, 11) is -0.489. The summed E-state index contributed by atoms with van der Waals surface area (Å²) in [6.07, 6.45) is 2.13. The fourth-order valence-corrected chi connectivity index (χ4v) is 5.89. The molecule has 0 spiro atoms. The standard InChI is InChI=1S/C21H29N3O3S2/c1-15-7-6-8-16(19(15)24-13-11-21(2,3)12-14-24)22-29(26,27)18-10-9-17(28-18)20(25)23(4)5/h6-10,22H,11-14H2,1-5H3. The van der Waals surface area contributed by atoms with Gasteiger partial charge in [-0.25, -0.2) is 8.42 Å². The number of benzene rings is 1. The Hall–Kier alpha value is -2.06. The van der Waals surface area contributed by atoms with Crippen molar-refractivity contribution in [3.8, 4) is 0 Å². The molecule has 8 heteroatoms. The number of aryl methyl sites for hydroxylation is 1. The van der Waals surface area contributed by atoms with Crippen LogP contribution in [0.25, 0.3) is 0 Å². The van der Waals surface area contributed by atoms with Gasteiger partial charge in [-0.2, -0.15) is 0 Å². The second kappa shape index (κ2) is 7.99. The van der Waals surface area contributed by atoms with E-state index in [-0.39, 0.29) is 10.1 Å². The SMILES string of the molecule is Cc1cccc(NS(=O)(=O)c2ccc(C(=O)N(C)C)s2)c1N1CCC(C)(C)CC1. The van der Waals surface area contributed by atoms with Crippen LogP contribution in [0.1, 0.15) is 41.9 Å². The van der Waals surface area contributed by atoms with Gasteiger partial charge >= 0.3 is 0 Å². The number of thiophene rings is 1. The number of carbonyl (C=O) groups excluding carboxylic acids is 1. The lowest BCUT2D eigenvalue weighted by Crippen LogP contribution is -2.38. The van der Waals surface area contributed by atoms with Crippen LogP contribution >= 0.6 is 11.3 Å². The van der Waals surface area contributed by atoms with Gasteiger partial charge in [-0.05, 0) is 48.9 Å². The highest BCUT2D eigenvalue weighted by molar-refractivity contribution is 7.94. The van der Waals surface area contributed by atoms with Crippen molar-refractivity contribution in [3.63, 3.8) is 0 Å². The molecule has 3 rings (SSSR count). The second-order valence-corrected chi connectivity index (χ2v) is 11.5. The van der Waals surface area contributed by atoms with Gasteiger partial charge in [0.05, 0.1) is 16.3 Å². The number of rotatable bonds is 5. The van der Waals surface area contributed by atoms with E-state index in [1.165, 1.54) is 11.0 Å². The Kier molecular flexibility index (Phi) is 5.96. The average molecular weight is 436 g/mol. The molecule has 2 heterocycles. The van der Waals surface area contributed by atoms with Crippen LogP contribution in [0.3, 0.4) is 0 Å². The molecule has 1 amide bonds. The number of carbonyl (C=O) groups is 1. The molecular formula is C21H29N3O3S2. The molecule has 0 unspecified atom stereocenters. The largest absolute Gasteiger partial charge is 0.370 e. The molecule has 6 nitrogen and oxygen atoms in total. The lowest BCUT2D eigenvalue weighted by atomic mass is 9.82. The maximum atomic E-state index is 13.0. The van der Waals surface area contributed by atoms with Gasteiger partial charge in [0.1, 0.15) is 4.21 Å². The third-order valence-corrected chi connectivity index (χ3v) is 8.31. The first-order valence-corrected chi connectivity index (χ1v) is 12.0. The van der Waals surface area contributed by atoms with Gasteiger partial charge in [-0.15, -0.1) is 11.3 Å². The zero-order chi connectivity index (χ0) is 21.4. The summed E-state index contributed by atoms with van der Waals surface area (Å²) in [5, 5.41) is 0. The summed E-state index contributed by atoms with van der Waals surface area (Å²) >= 11 is 0.986. The minimum absolute atomic E-state index is 0.134. The fourth-order valence-electron chi connectivity index (χ4n) is 3.49. The first-order valence-electron chi connectivity index (χ1n) is 9.69. The number of amides is 1. The third kappa shape index (κ3) is 4.75. The highest BCUT2D eigenvalue weighted by atomic mass is 32.2. The van der Waals surface area contributed by atoms with Crippen molar-refractivity contribution in [1.82, 2.24) is 4.90 Å². The summed E-state index contributed by atoms with van der Waals surface area (Å²) in [6.45, 7) is 8.34. The maximum Gasteiger partial charge on any atom is 0.271 e. The van der Waals surface area contributed by atoms with Gasteiger partial charge in [-0.3, -0.25) is 9.52 Å². The predicted octanol–water partition coefficient (Wildman–Crippen LogP) is 4.19. The Labute approximate surface area is 177 Å². The maximum absolute atomic E-state index is 13.0. The molecule has 0 aliphatic carbocycles. The minimum Gasteiger partial charge on any atom is -0.370 e. The molecule has 1 aliphatic rings. The molecule has 1 saturated heterocycles. The molecule has 1 aromatic heterocycles. The van der Waals surface area contributed by atoms with Crippen molar-refractivity contribution < 1.29 is 13.2 Å².